The van der Waals surface area contributed by atoms with Gasteiger partial charge in [-0.2, -0.15) is 0 Å². The lowest BCUT2D eigenvalue weighted by atomic mass is 9.79. The Bertz CT molecular complexity index is 454. The quantitative estimate of drug-likeness (QED) is 0.857. The maximum atomic E-state index is 14.5. The van der Waals surface area contributed by atoms with Crippen molar-refractivity contribution in [2.75, 3.05) is 21.1 Å². The summed E-state index contributed by atoms with van der Waals surface area (Å²) < 4.78 is 28.7. The van der Waals surface area contributed by atoms with Crippen LogP contribution < -0.4 is 5.32 Å². The molecule has 0 spiro atoms. The zero-order valence-electron chi connectivity index (χ0n) is 13.3. The molecule has 1 unspecified atom stereocenters. The highest BCUT2D eigenvalue weighted by Crippen LogP contribution is 2.38. The van der Waals surface area contributed by atoms with E-state index in [2.05, 4.69) is 24.1 Å². The van der Waals surface area contributed by atoms with Crippen LogP contribution in [0.25, 0.3) is 0 Å². The molecule has 0 aromatic heterocycles. The summed E-state index contributed by atoms with van der Waals surface area (Å²) in [5.41, 5.74) is 0.288. The van der Waals surface area contributed by atoms with Gasteiger partial charge >= 0.3 is 0 Å². The van der Waals surface area contributed by atoms with Crippen LogP contribution in [0.4, 0.5) is 8.78 Å². The summed E-state index contributed by atoms with van der Waals surface area (Å²) in [6.07, 6.45) is 1.60. The number of nitrogens with zero attached hydrogens (tertiary/aromatic N) is 1. The van der Waals surface area contributed by atoms with Gasteiger partial charge in [-0.25, -0.2) is 8.78 Å². The fourth-order valence-electron chi connectivity index (χ4n) is 3.17. The van der Waals surface area contributed by atoms with Crippen LogP contribution in [0.3, 0.4) is 0 Å². The Morgan fingerprint density at radius 3 is 2.15 bits per heavy atom. The Kier molecular flexibility index (Phi) is 5.66. The Hall–Kier alpha value is -1.00. The van der Waals surface area contributed by atoms with E-state index in [0.29, 0.717) is 5.56 Å². The molecule has 0 fully saturated rings. The van der Waals surface area contributed by atoms with Gasteiger partial charge in [0.25, 0.3) is 0 Å². The van der Waals surface area contributed by atoms with E-state index in [1.54, 1.807) is 14.0 Å². The number of benzene rings is 1. The first-order valence-electron chi connectivity index (χ1n) is 7.14. The van der Waals surface area contributed by atoms with Crippen LogP contribution in [0.1, 0.15) is 43.9 Å². The Labute approximate surface area is 121 Å². The number of nitrogens with one attached hydrogen (secondary N) is 1. The van der Waals surface area contributed by atoms with Gasteiger partial charge in [0.15, 0.2) is 0 Å². The lowest BCUT2D eigenvalue weighted by Crippen LogP contribution is -2.53. The number of aryl methyl sites for hydroxylation is 1. The fourth-order valence-corrected chi connectivity index (χ4v) is 3.17. The van der Waals surface area contributed by atoms with Crippen molar-refractivity contribution in [2.45, 2.75) is 45.2 Å². The molecule has 1 N–H and O–H groups in total. The number of hydrogen-bond acceptors (Lipinski definition) is 2. The first-order valence-corrected chi connectivity index (χ1v) is 7.14. The van der Waals surface area contributed by atoms with Gasteiger partial charge < -0.3 is 10.2 Å². The van der Waals surface area contributed by atoms with Gasteiger partial charge in [-0.1, -0.05) is 19.9 Å². The Balaban J connectivity index is 3.50. The lowest BCUT2D eigenvalue weighted by molar-refractivity contribution is 0.0882. The molecule has 0 bridgehead atoms. The van der Waals surface area contributed by atoms with Gasteiger partial charge in [0.1, 0.15) is 11.6 Å². The van der Waals surface area contributed by atoms with Crippen molar-refractivity contribution in [3.05, 3.63) is 34.9 Å². The monoisotopic (exact) mass is 284 g/mol. The molecular formula is C16H26F2N2. The minimum Gasteiger partial charge on any atom is -0.311 e. The second-order valence-corrected chi connectivity index (χ2v) is 5.52. The van der Waals surface area contributed by atoms with Gasteiger partial charge in [0.2, 0.25) is 0 Å². The number of likely N-dealkylation sites (N-methyl/N-ethyl adjacent to an activating group) is 2. The summed E-state index contributed by atoms with van der Waals surface area (Å²) in [4.78, 5) is 2.06. The van der Waals surface area contributed by atoms with Crippen molar-refractivity contribution in [2.24, 2.45) is 0 Å². The maximum absolute atomic E-state index is 14.5. The zero-order chi connectivity index (χ0) is 15.5. The van der Waals surface area contributed by atoms with Crippen molar-refractivity contribution in [3.8, 4) is 0 Å². The molecule has 20 heavy (non-hydrogen) atoms. The van der Waals surface area contributed by atoms with Crippen LogP contribution >= 0.6 is 0 Å². The van der Waals surface area contributed by atoms with Gasteiger partial charge in [-0.05, 0) is 52.5 Å². The van der Waals surface area contributed by atoms with Crippen LogP contribution in [0, 0.1) is 18.6 Å². The third-order valence-corrected chi connectivity index (χ3v) is 4.55. The molecule has 1 rings (SSSR count). The number of halogens is 2. The maximum Gasteiger partial charge on any atom is 0.133 e. The van der Waals surface area contributed by atoms with Crippen LogP contribution in [0.15, 0.2) is 12.1 Å². The molecule has 0 saturated carbocycles. The highest BCUT2D eigenvalue weighted by atomic mass is 19.1. The van der Waals surface area contributed by atoms with E-state index < -0.39 is 17.7 Å². The van der Waals surface area contributed by atoms with Crippen LogP contribution in [-0.4, -0.2) is 31.6 Å². The summed E-state index contributed by atoms with van der Waals surface area (Å²) in [6.45, 7) is 5.78. The highest BCUT2D eigenvalue weighted by molar-refractivity contribution is 5.32. The molecule has 0 radical (unpaired) electrons. The van der Waals surface area contributed by atoms with E-state index in [1.165, 1.54) is 12.1 Å². The SMILES string of the molecule is CCC(CC)(C(NC)c1c(F)ccc(C)c1F)N(C)C. The van der Waals surface area contributed by atoms with Crippen molar-refractivity contribution in [1.29, 1.82) is 0 Å². The molecule has 114 valence electrons. The topological polar surface area (TPSA) is 15.3 Å². The minimum atomic E-state index is -0.486. The highest BCUT2D eigenvalue weighted by Gasteiger charge is 2.40. The standard InChI is InChI=1S/C16H26F2N2/c1-7-16(8-2,20(5)6)15(19-4)13-12(17)10-9-11(3)14(13)18/h9-10,15,19H,7-8H2,1-6H3. The van der Waals surface area contributed by atoms with Crippen molar-refractivity contribution in [3.63, 3.8) is 0 Å². The fraction of sp³-hybridized carbons (Fsp3) is 0.625. The van der Waals surface area contributed by atoms with Crippen LogP contribution in [-0.2, 0) is 0 Å². The normalized spacial score (nSPS) is 13.8. The minimum absolute atomic E-state index is 0.143. The Morgan fingerprint density at radius 2 is 1.75 bits per heavy atom. The van der Waals surface area contributed by atoms with Crippen molar-refractivity contribution in [1.82, 2.24) is 10.2 Å². The second-order valence-electron chi connectivity index (χ2n) is 5.52. The molecule has 0 aliphatic rings. The van der Waals surface area contributed by atoms with Crippen LogP contribution in [0.5, 0.6) is 0 Å². The average molecular weight is 284 g/mol. The largest absolute Gasteiger partial charge is 0.311 e. The zero-order valence-corrected chi connectivity index (χ0v) is 13.3. The summed E-state index contributed by atoms with van der Waals surface area (Å²) in [5, 5.41) is 3.13. The summed E-state index contributed by atoms with van der Waals surface area (Å²) in [6, 6.07) is 2.44. The van der Waals surface area contributed by atoms with Crippen molar-refractivity contribution >= 4 is 0 Å². The molecule has 4 heteroatoms. The van der Waals surface area contributed by atoms with Crippen molar-refractivity contribution < 1.29 is 8.78 Å². The predicted octanol–water partition coefficient (Wildman–Crippen LogP) is 3.65. The molecule has 1 aromatic carbocycles. The second kappa shape index (κ2) is 6.64. The van der Waals surface area contributed by atoms with E-state index >= 15 is 0 Å². The van der Waals surface area contributed by atoms with Gasteiger partial charge in [0.05, 0.1) is 6.04 Å². The first-order chi connectivity index (χ1) is 9.35. The van der Waals surface area contributed by atoms with E-state index in [4.69, 9.17) is 0 Å². The van der Waals surface area contributed by atoms with E-state index in [0.717, 1.165) is 12.8 Å². The summed E-state index contributed by atoms with van der Waals surface area (Å²) in [7, 11) is 5.68. The molecule has 2 nitrogen and oxygen atoms in total. The molecular weight excluding hydrogens is 258 g/mol. The average Bonchev–Trinajstić information content (AvgIpc) is 2.42. The number of rotatable bonds is 6. The predicted molar refractivity (Wildman–Crippen MR) is 79.9 cm³/mol. The lowest BCUT2D eigenvalue weighted by Gasteiger charge is -2.45. The summed E-state index contributed by atoms with van der Waals surface area (Å²) >= 11 is 0. The molecule has 1 atom stereocenters. The summed E-state index contributed by atoms with van der Waals surface area (Å²) in [5.74, 6) is -0.932. The molecule has 0 heterocycles. The van der Waals surface area contributed by atoms with E-state index in [-0.39, 0.29) is 11.1 Å². The van der Waals surface area contributed by atoms with Gasteiger partial charge in [-0.15, -0.1) is 0 Å². The molecule has 0 aliphatic carbocycles. The first kappa shape index (κ1) is 17.1. The Morgan fingerprint density at radius 1 is 1.20 bits per heavy atom. The van der Waals surface area contributed by atoms with E-state index in [1.807, 2.05) is 14.1 Å². The van der Waals surface area contributed by atoms with Gasteiger partial charge in [0, 0.05) is 11.1 Å². The third kappa shape index (κ3) is 2.72. The molecule has 0 saturated heterocycles. The third-order valence-electron chi connectivity index (χ3n) is 4.55. The number of hydrogen-bond donors (Lipinski definition) is 1. The molecule has 0 aliphatic heterocycles. The van der Waals surface area contributed by atoms with Gasteiger partial charge in [-0.3, -0.25) is 0 Å². The van der Waals surface area contributed by atoms with Crippen LogP contribution in [0.2, 0.25) is 0 Å². The molecule has 1 aromatic rings. The molecule has 0 amide bonds. The smallest absolute Gasteiger partial charge is 0.133 e. The van der Waals surface area contributed by atoms with E-state index in [9.17, 15) is 8.78 Å².